The van der Waals surface area contributed by atoms with E-state index in [1.54, 1.807) is 25.4 Å². The molecule has 0 atom stereocenters. The van der Waals surface area contributed by atoms with Gasteiger partial charge < -0.3 is 4.74 Å². The fourth-order valence-corrected chi connectivity index (χ4v) is 2.39. The Labute approximate surface area is 107 Å². The maximum absolute atomic E-state index is 12.9. The van der Waals surface area contributed by atoms with Gasteiger partial charge in [0.05, 0.1) is 7.11 Å². The zero-order valence-corrected chi connectivity index (χ0v) is 10.4. The van der Waals surface area contributed by atoms with Crippen LogP contribution in [0, 0.1) is 5.82 Å². The van der Waals surface area contributed by atoms with Crippen molar-refractivity contribution in [3.05, 3.63) is 42.3 Å². The summed E-state index contributed by atoms with van der Waals surface area (Å²) < 4.78 is 22.3. The Kier molecular flexibility index (Phi) is 2.68. The van der Waals surface area contributed by atoms with Gasteiger partial charge in [-0.25, -0.2) is 9.37 Å². The van der Waals surface area contributed by atoms with Crippen LogP contribution in [-0.2, 0) is 0 Å². The molecule has 2 aromatic heterocycles. The lowest BCUT2D eigenvalue weighted by atomic mass is 10.1. The number of benzene rings is 1. The molecule has 0 N–H and O–H groups in total. The SMILES string of the molecule is COc1snc2cc(-c3ccc(F)cc3)cnc12. The zero-order chi connectivity index (χ0) is 12.5. The molecule has 2 heterocycles. The van der Waals surface area contributed by atoms with E-state index in [0.29, 0.717) is 5.06 Å². The first kappa shape index (κ1) is 11.1. The number of methoxy groups -OCH3 is 1. The average molecular weight is 260 g/mol. The topological polar surface area (TPSA) is 35.0 Å². The van der Waals surface area contributed by atoms with E-state index in [1.165, 1.54) is 23.7 Å². The largest absolute Gasteiger partial charge is 0.485 e. The minimum absolute atomic E-state index is 0.247. The van der Waals surface area contributed by atoms with Crippen molar-refractivity contribution < 1.29 is 9.13 Å². The molecule has 0 aliphatic heterocycles. The predicted molar refractivity (Wildman–Crippen MR) is 69.4 cm³/mol. The van der Waals surface area contributed by atoms with Gasteiger partial charge in [0, 0.05) is 23.3 Å². The number of hydrogen-bond acceptors (Lipinski definition) is 4. The zero-order valence-electron chi connectivity index (χ0n) is 9.55. The maximum Gasteiger partial charge on any atom is 0.220 e. The Morgan fingerprint density at radius 2 is 1.94 bits per heavy atom. The summed E-state index contributed by atoms with van der Waals surface area (Å²) in [7, 11) is 1.60. The number of nitrogens with zero attached hydrogens (tertiary/aromatic N) is 2. The number of rotatable bonds is 2. The van der Waals surface area contributed by atoms with Crippen LogP contribution < -0.4 is 4.74 Å². The lowest BCUT2D eigenvalue weighted by Gasteiger charge is -2.01. The van der Waals surface area contributed by atoms with Crippen molar-refractivity contribution in [2.75, 3.05) is 7.11 Å². The molecule has 0 spiro atoms. The molecule has 0 saturated heterocycles. The highest BCUT2D eigenvalue weighted by molar-refractivity contribution is 7.09. The van der Waals surface area contributed by atoms with Crippen LogP contribution in [0.25, 0.3) is 22.2 Å². The molecular formula is C13H9FN2OS. The first-order valence-electron chi connectivity index (χ1n) is 5.33. The lowest BCUT2D eigenvalue weighted by molar-refractivity contribution is 0.430. The van der Waals surface area contributed by atoms with E-state index in [-0.39, 0.29) is 5.82 Å². The summed E-state index contributed by atoms with van der Waals surface area (Å²) in [5, 5.41) is 0.704. The number of hydrogen-bond donors (Lipinski definition) is 0. The molecule has 18 heavy (non-hydrogen) atoms. The first-order valence-corrected chi connectivity index (χ1v) is 6.10. The molecular weight excluding hydrogens is 251 g/mol. The van der Waals surface area contributed by atoms with Crippen LogP contribution in [0.1, 0.15) is 0 Å². The van der Waals surface area contributed by atoms with Gasteiger partial charge in [-0.05, 0) is 23.8 Å². The van der Waals surface area contributed by atoms with Crippen molar-refractivity contribution in [3.63, 3.8) is 0 Å². The third-order valence-corrected chi connectivity index (χ3v) is 3.46. The molecule has 1 aromatic carbocycles. The van der Waals surface area contributed by atoms with Gasteiger partial charge in [-0.3, -0.25) is 0 Å². The minimum Gasteiger partial charge on any atom is -0.485 e. The molecule has 0 aliphatic carbocycles. The molecule has 0 unspecified atom stereocenters. The molecule has 5 heteroatoms. The summed E-state index contributed by atoms with van der Waals surface area (Å²) in [6, 6.07) is 8.24. The Morgan fingerprint density at radius 3 is 2.67 bits per heavy atom. The summed E-state index contributed by atoms with van der Waals surface area (Å²) in [6.45, 7) is 0. The van der Waals surface area contributed by atoms with Crippen LogP contribution in [0.5, 0.6) is 5.06 Å². The smallest absolute Gasteiger partial charge is 0.220 e. The third-order valence-electron chi connectivity index (χ3n) is 2.65. The second-order valence-electron chi connectivity index (χ2n) is 3.77. The Bertz CT molecular complexity index is 694. The van der Waals surface area contributed by atoms with Crippen LogP contribution >= 0.6 is 11.5 Å². The standard InChI is InChI=1S/C13H9FN2OS/c1-17-13-12-11(16-18-13)6-9(7-15-12)8-2-4-10(14)5-3-8/h2-7H,1H3. The highest BCUT2D eigenvalue weighted by Gasteiger charge is 2.09. The number of ether oxygens (including phenoxy) is 1. The van der Waals surface area contributed by atoms with E-state index in [2.05, 4.69) is 9.36 Å². The molecule has 3 aromatic rings. The molecule has 3 rings (SSSR count). The number of aromatic nitrogens is 2. The molecule has 0 saturated carbocycles. The van der Waals surface area contributed by atoms with Crippen molar-refractivity contribution in [2.24, 2.45) is 0 Å². The van der Waals surface area contributed by atoms with Gasteiger partial charge in [0.2, 0.25) is 5.06 Å². The first-order chi connectivity index (χ1) is 8.78. The van der Waals surface area contributed by atoms with Crippen molar-refractivity contribution in [1.82, 2.24) is 9.36 Å². The van der Waals surface area contributed by atoms with Crippen LogP contribution in [0.2, 0.25) is 0 Å². The van der Waals surface area contributed by atoms with Crippen LogP contribution in [0.4, 0.5) is 4.39 Å². The van der Waals surface area contributed by atoms with Gasteiger partial charge in [-0.2, -0.15) is 4.37 Å². The highest BCUT2D eigenvalue weighted by Crippen LogP contribution is 2.30. The summed E-state index contributed by atoms with van der Waals surface area (Å²) in [5.41, 5.74) is 3.38. The fourth-order valence-electron chi connectivity index (χ4n) is 1.75. The number of pyridine rings is 1. The van der Waals surface area contributed by atoms with Crippen molar-refractivity contribution >= 4 is 22.6 Å². The van der Waals surface area contributed by atoms with E-state index in [9.17, 15) is 4.39 Å². The van der Waals surface area contributed by atoms with Crippen molar-refractivity contribution in [1.29, 1.82) is 0 Å². The van der Waals surface area contributed by atoms with Gasteiger partial charge in [0.15, 0.2) is 0 Å². The molecule has 0 fully saturated rings. The third kappa shape index (κ3) is 1.82. The van der Waals surface area contributed by atoms with Crippen molar-refractivity contribution in [3.8, 4) is 16.2 Å². The Balaban J connectivity index is 2.10. The molecule has 90 valence electrons. The summed E-state index contributed by atoms with van der Waals surface area (Å²) in [5.74, 6) is -0.247. The molecule has 0 radical (unpaired) electrons. The number of halogens is 1. The fraction of sp³-hybridized carbons (Fsp3) is 0.0769. The van der Waals surface area contributed by atoms with Crippen molar-refractivity contribution in [2.45, 2.75) is 0 Å². The van der Waals surface area contributed by atoms with E-state index in [4.69, 9.17) is 4.74 Å². The van der Waals surface area contributed by atoms with E-state index >= 15 is 0 Å². The second kappa shape index (κ2) is 4.34. The van der Waals surface area contributed by atoms with Gasteiger partial charge >= 0.3 is 0 Å². The second-order valence-corrected chi connectivity index (χ2v) is 4.51. The van der Waals surface area contributed by atoms with Gasteiger partial charge in [0.1, 0.15) is 16.9 Å². The number of fused-ring (bicyclic) bond motifs is 1. The minimum atomic E-state index is -0.247. The average Bonchev–Trinajstić information content (AvgIpc) is 2.81. The Morgan fingerprint density at radius 1 is 1.17 bits per heavy atom. The molecule has 3 nitrogen and oxygen atoms in total. The van der Waals surface area contributed by atoms with Crippen LogP contribution in [-0.4, -0.2) is 16.5 Å². The van der Waals surface area contributed by atoms with E-state index < -0.39 is 0 Å². The van der Waals surface area contributed by atoms with Gasteiger partial charge in [-0.15, -0.1) is 0 Å². The van der Waals surface area contributed by atoms with E-state index in [1.807, 2.05) is 6.07 Å². The molecule has 0 bridgehead atoms. The normalized spacial score (nSPS) is 10.8. The van der Waals surface area contributed by atoms with Crippen LogP contribution in [0.3, 0.4) is 0 Å². The summed E-state index contributed by atoms with van der Waals surface area (Å²) in [4.78, 5) is 4.34. The molecule has 0 amide bonds. The van der Waals surface area contributed by atoms with Gasteiger partial charge in [0.25, 0.3) is 0 Å². The highest BCUT2D eigenvalue weighted by atomic mass is 32.1. The lowest BCUT2D eigenvalue weighted by Crippen LogP contribution is -1.84. The van der Waals surface area contributed by atoms with Crippen LogP contribution in [0.15, 0.2) is 36.5 Å². The quantitative estimate of drug-likeness (QED) is 0.707. The summed E-state index contributed by atoms with van der Waals surface area (Å²) >= 11 is 1.27. The van der Waals surface area contributed by atoms with E-state index in [0.717, 1.165) is 22.2 Å². The Hall–Kier alpha value is -2.01. The van der Waals surface area contributed by atoms with Gasteiger partial charge in [-0.1, -0.05) is 12.1 Å². The molecule has 0 aliphatic rings. The predicted octanol–water partition coefficient (Wildman–Crippen LogP) is 3.51. The summed E-state index contributed by atoms with van der Waals surface area (Å²) in [6.07, 6.45) is 1.74. The monoisotopic (exact) mass is 260 g/mol. The maximum atomic E-state index is 12.9.